The molecule has 0 N–H and O–H groups in total. The predicted octanol–water partition coefficient (Wildman–Crippen LogP) is 2.93. The number of halogens is 2. The van der Waals surface area contributed by atoms with Crippen molar-refractivity contribution in [3.8, 4) is 6.07 Å². The van der Waals surface area contributed by atoms with Gasteiger partial charge in [0.05, 0.1) is 6.07 Å². The largest absolute Gasteiger partial charge is 0.301 e. The van der Waals surface area contributed by atoms with Crippen LogP contribution in [0.3, 0.4) is 0 Å². The van der Waals surface area contributed by atoms with Crippen molar-refractivity contribution >= 4 is 15.9 Å². The van der Waals surface area contributed by atoms with Gasteiger partial charge in [-0.1, -0.05) is 15.9 Å². The topological polar surface area (TPSA) is 27.0 Å². The van der Waals surface area contributed by atoms with Crippen molar-refractivity contribution in [2.45, 2.75) is 13.0 Å². The van der Waals surface area contributed by atoms with Crippen molar-refractivity contribution in [3.05, 3.63) is 34.1 Å². The highest BCUT2D eigenvalue weighted by molar-refractivity contribution is 9.10. The highest BCUT2D eigenvalue weighted by Crippen LogP contribution is 2.15. The van der Waals surface area contributed by atoms with E-state index in [1.807, 2.05) is 18.0 Å². The zero-order valence-electron chi connectivity index (χ0n) is 8.50. The summed E-state index contributed by atoms with van der Waals surface area (Å²) in [6.07, 6.45) is 0.493. The van der Waals surface area contributed by atoms with E-state index < -0.39 is 0 Å². The summed E-state index contributed by atoms with van der Waals surface area (Å²) in [6.45, 7) is 1.35. The van der Waals surface area contributed by atoms with Crippen LogP contribution in [0, 0.1) is 17.1 Å². The minimum atomic E-state index is -0.243. The Labute approximate surface area is 97.4 Å². The zero-order chi connectivity index (χ0) is 11.3. The molecule has 0 saturated heterocycles. The van der Waals surface area contributed by atoms with Gasteiger partial charge in [-0.25, -0.2) is 4.39 Å². The lowest BCUT2D eigenvalue weighted by Gasteiger charge is -2.14. The van der Waals surface area contributed by atoms with Crippen LogP contribution in [-0.4, -0.2) is 18.5 Å². The maximum Gasteiger partial charge on any atom is 0.124 e. The number of hydrogen-bond donors (Lipinski definition) is 0. The number of nitriles is 1. The predicted molar refractivity (Wildman–Crippen MR) is 60.7 cm³/mol. The maximum absolute atomic E-state index is 13.0. The van der Waals surface area contributed by atoms with E-state index >= 15 is 0 Å². The molecule has 0 heterocycles. The summed E-state index contributed by atoms with van der Waals surface area (Å²) in [5.41, 5.74) is 0.905. The molecule has 4 heteroatoms. The summed E-state index contributed by atoms with van der Waals surface area (Å²) >= 11 is 3.24. The molecule has 0 fully saturated rings. The first-order valence-electron chi connectivity index (χ1n) is 4.62. The van der Waals surface area contributed by atoms with Crippen LogP contribution in [0.1, 0.15) is 12.0 Å². The highest BCUT2D eigenvalue weighted by atomic mass is 79.9. The van der Waals surface area contributed by atoms with Gasteiger partial charge in [0.1, 0.15) is 5.82 Å². The third-order valence-electron chi connectivity index (χ3n) is 1.98. The van der Waals surface area contributed by atoms with Crippen LogP contribution in [0.25, 0.3) is 0 Å². The van der Waals surface area contributed by atoms with Crippen LogP contribution < -0.4 is 0 Å². The summed E-state index contributed by atoms with van der Waals surface area (Å²) in [5, 5.41) is 8.43. The zero-order valence-corrected chi connectivity index (χ0v) is 10.1. The SMILES string of the molecule is CN(CCC#N)Cc1cc(F)cc(Br)c1. The molecular formula is C11H12BrFN2. The summed E-state index contributed by atoms with van der Waals surface area (Å²) in [7, 11) is 1.91. The van der Waals surface area contributed by atoms with Crippen molar-refractivity contribution in [2.24, 2.45) is 0 Å². The highest BCUT2D eigenvalue weighted by Gasteiger charge is 2.02. The number of nitrogens with zero attached hydrogens (tertiary/aromatic N) is 2. The van der Waals surface area contributed by atoms with Gasteiger partial charge >= 0.3 is 0 Å². The first kappa shape index (κ1) is 12.2. The molecule has 0 aromatic heterocycles. The minimum absolute atomic E-state index is 0.243. The van der Waals surface area contributed by atoms with E-state index in [2.05, 4.69) is 22.0 Å². The summed E-state index contributed by atoms with van der Waals surface area (Å²) in [5.74, 6) is -0.243. The van der Waals surface area contributed by atoms with Crippen LogP contribution in [0.2, 0.25) is 0 Å². The second-order valence-electron chi connectivity index (χ2n) is 3.42. The van der Waals surface area contributed by atoms with Crippen molar-refractivity contribution in [1.82, 2.24) is 4.90 Å². The van der Waals surface area contributed by atoms with Gasteiger partial charge < -0.3 is 4.90 Å². The number of rotatable bonds is 4. The number of hydrogen-bond acceptors (Lipinski definition) is 2. The number of benzene rings is 1. The Balaban J connectivity index is 2.60. The van der Waals surface area contributed by atoms with Gasteiger partial charge in [-0.2, -0.15) is 5.26 Å². The quantitative estimate of drug-likeness (QED) is 0.841. The Morgan fingerprint density at radius 3 is 2.80 bits per heavy atom. The first-order chi connectivity index (χ1) is 7.11. The Morgan fingerprint density at radius 2 is 2.20 bits per heavy atom. The van der Waals surface area contributed by atoms with E-state index in [1.165, 1.54) is 12.1 Å². The van der Waals surface area contributed by atoms with Crippen LogP contribution in [-0.2, 0) is 6.54 Å². The van der Waals surface area contributed by atoms with Crippen molar-refractivity contribution < 1.29 is 4.39 Å². The maximum atomic E-state index is 13.0. The molecule has 80 valence electrons. The third kappa shape index (κ3) is 4.41. The molecule has 0 amide bonds. The molecule has 0 radical (unpaired) electrons. The molecule has 15 heavy (non-hydrogen) atoms. The minimum Gasteiger partial charge on any atom is -0.301 e. The fourth-order valence-electron chi connectivity index (χ4n) is 1.33. The van der Waals surface area contributed by atoms with Gasteiger partial charge in [0, 0.05) is 24.0 Å². The average Bonchev–Trinajstić information content (AvgIpc) is 2.13. The molecule has 1 aromatic carbocycles. The molecule has 0 aliphatic heterocycles. The fraction of sp³-hybridized carbons (Fsp3) is 0.364. The molecule has 1 rings (SSSR count). The molecular weight excluding hydrogens is 259 g/mol. The molecule has 1 aromatic rings. The monoisotopic (exact) mass is 270 g/mol. The average molecular weight is 271 g/mol. The summed E-state index contributed by atoms with van der Waals surface area (Å²) < 4.78 is 13.8. The molecule has 0 aliphatic carbocycles. The van der Waals surface area contributed by atoms with E-state index in [9.17, 15) is 4.39 Å². The van der Waals surface area contributed by atoms with Crippen LogP contribution in [0.5, 0.6) is 0 Å². The van der Waals surface area contributed by atoms with E-state index in [-0.39, 0.29) is 5.82 Å². The summed E-state index contributed by atoms with van der Waals surface area (Å²) in [4.78, 5) is 1.99. The Kier molecular flexibility index (Phi) is 4.73. The molecule has 0 unspecified atom stereocenters. The van der Waals surface area contributed by atoms with Crippen LogP contribution in [0.4, 0.5) is 4.39 Å². The fourth-order valence-corrected chi connectivity index (χ4v) is 1.85. The standard InChI is InChI=1S/C11H12BrFN2/c1-15(4-2-3-14)8-9-5-10(12)7-11(13)6-9/h5-7H,2,4,8H2,1H3. The second-order valence-corrected chi connectivity index (χ2v) is 4.34. The Hall–Kier alpha value is -0.920. The smallest absolute Gasteiger partial charge is 0.124 e. The van der Waals surface area contributed by atoms with Gasteiger partial charge in [-0.3, -0.25) is 0 Å². The molecule has 0 atom stereocenters. The third-order valence-corrected chi connectivity index (χ3v) is 2.44. The van der Waals surface area contributed by atoms with Gasteiger partial charge in [0.2, 0.25) is 0 Å². The van der Waals surface area contributed by atoms with Gasteiger partial charge in [-0.05, 0) is 30.8 Å². The van der Waals surface area contributed by atoms with Gasteiger partial charge in [-0.15, -0.1) is 0 Å². The lowest BCUT2D eigenvalue weighted by molar-refractivity contribution is 0.334. The normalized spacial score (nSPS) is 10.3. The Bertz CT molecular complexity index is 353. The van der Waals surface area contributed by atoms with Crippen molar-refractivity contribution in [3.63, 3.8) is 0 Å². The van der Waals surface area contributed by atoms with E-state index in [0.717, 1.165) is 10.0 Å². The molecule has 0 spiro atoms. The van der Waals surface area contributed by atoms with Gasteiger partial charge in [0.15, 0.2) is 0 Å². The molecule has 0 bridgehead atoms. The van der Waals surface area contributed by atoms with Crippen LogP contribution >= 0.6 is 15.9 Å². The lowest BCUT2D eigenvalue weighted by Crippen LogP contribution is -2.18. The summed E-state index contributed by atoms with van der Waals surface area (Å²) in [6, 6.07) is 6.90. The first-order valence-corrected chi connectivity index (χ1v) is 5.41. The van der Waals surface area contributed by atoms with E-state index in [0.29, 0.717) is 19.5 Å². The van der Waals surface area contributed by atoms with Crippen molar-refractivity contribution in [1.29, 1.82) is 5.26 Å². The van der Waals surface area contributed by atoms with Crippen molar-refractivity contribution in [2.75, 3.05) is 13.6 Å². The van der Waals surface area contributed by atoms with E-state index in [1.54, 1.807) is 0 Å². The van der Waals surface area contributed by atoms with Crippen LogP contribution in [0.15, 0.2) is 22.7 Å². The van der Waals surface area contributed by atoms with E-state index in [4.69, 9.17) is 5.26 Å². The molecule has 0 saturated carbocycles. The molecule has 2 nitrogen and oxygen atoms in total. The molecule has 0 aliphatic rings. The van der Waals surface area contributed by atoms with Gasteiger partial charge in [0.25, 0.3) is 0 Å². The second kappa shape index (κ2) is 5.84. The lowest BCUT2D eigenvalue weighted by atomic mass is 10.2. The Morgan fingerprint density at radius 1 is 1.47 bits per heavy atom.